The zero-order valence-electron chi connectivity index (χ0n) is 16.2. The normalized spacial score (nSPS) is 14.4. The van der Waals surface area contributed by atoms with E-state index in [0.717, 1.165) is 24.5 Å². The zero-order chi connectivity index (χ0) is 19.7. The van der Waals surface area contributed by atoms with E-state index in [1.165, 1.54) is 11.3 Å². The third-order valence-electron chi connectivity index (χ3n) is 5.27. The van der Waals surface area contributed by atoms with Gasteiger partial charge in [-0.2, -0.15) is 0 Å². The second-order valence-corrected chi connectivity index (χ2v) is 7.24. The van der Waals surface area contributed by atoms with E-state index in [9.17, 15) is 9.59 Å². The van der Waals surface area contributed by atoms with Crippen molar-refractivity contribution < 1.29 is 4.79 Å². The summed E-state index contributed by atoms with van der Waals surface area (Å²) in [5, 5.41) is 0. The fraction of sp³-hybridized carbons (Fsp3) is 0.273. The number of benzene rings is 2. The van der Waals surface area contributed by atoms with Crippen LogP contribution in [-0.2, 0) is 0 Å². The van der Waals surface area contributed by atoms with Crippen LogP contribution in [0.4, 0.5) is 5.69 Å². The molecule has 3 aromatic rings. The van der Waals surface area contributed by atoms with Crippen molar-refractivity contribution in [2.45, 2.75) is 13.8 Å². The molecule has 2 aromatic carbocycles. The van der Waals surface area contributed by atoms with E-state index in [2.05, 4.69) is 41.1 Å². The van der Waals surface area contributed by atoms with E-state index in [-0.39, 0.29) is 11.6 Å². The molecular formula is C22H24N4O2. The molecular weight excluding hydrogens is 352 g/mol. The van der Waals surface area contributed by atoms with Crippen molar-refractivity contribution in [1.82, 2.24) is 14.5 Å². The van der Waals surface area contributed by atoms with Gasteiger partial charge in [-0.15, -0.1) is 0 Å². The van der Waals surface area contributed by atoms with Crippen LogP contribution in [0, 0.1) is 13.8 Å². The Bertz CT molecular complexity index is 1040. The van der Waals surface area contributed by atoms with Crippen LogP contribution in [0.25, 0.3) is 5.69 Å². The van der Waals surface area contributed by atoms with E-state index in [0.29, 0.717) is 18.7 Å². The Morgan fingerprint density at radius 3 is 2.25 bits per heavy atom. The number of hydrogen-bond donors (Lipinski definition) is 1. The van der Waals surface area contributed by atoms with Crippen molar-refractivity contribution in [3.63, 3.8) is 0 Å². The van der Waals surface area contributed by atoms with Gasteiger partial charge in [-0.25, -0.2) is 4.79 Å². The van der Waals surface area contributed by atoms with Crippen molar-refractivity contribution in [2.75, 3.05) is 31.1 Å². The number of hydrogen-bond acceptors (Lipinski definition) is 3. The monoisotopic (exact) mass is 376 g/mol. The molecule has 1 aliphatic heterocycles. The molecule has 0 radical (unpaired) electrons. The Morgan fingerprint density at radius 1 is 0.929 bits per heavy atom. The summed E-state index contributed by atoms with van der Waals surface area (Å²) in [5.74, 6) is 0.0357. The maximum Gasteiger partial charge on any atom is 0.330 e. The summed E-state index contributed by atoms with van der Waals surface area (Å²) in [5.41, 5.74) is 4.51. The molecule has 2 heterocycles. The topological polar surface area (TPSA) is 61.3 Å². The molecule has 0 bridgehead atoms. The first-order valence-corrected chi connectivity index (χ1v) is 9.51. The molecule has 1 amide bonds. The molecule has 0 atom stereocenters. The Balaban J connectivity index is 1.43. The lowest BCUT2D eigenvalue weighted by atomic mass is 10.1. The first kappa shape index (κ1) is 18.1. The highest BCUT2D eigenvalue weighted by Crippen LogP contribution is 2.19. The molecule has 0 aliphatic carbocycles. The van der Waals surface area contributed by atoms with Gasteiger partial charge in [0.15, 0.2) is 0 Å². The lowest BCUT2D eigenvalue weighted by Gasteiger charge is -2.36. The van der Waals surface area contributed by atoms with Gasteiger partial charge in [-0.05, 0) is 55.8 Å². The van der Waals surface area contributed by atoms with Crippen LogP contribution in [0.1, 0.15) is 21.6 Å². The number of imidazole rings is 1. The minimum atomic E-state index is -0.177. The van der Waals surface area contributed by atoms with Crippen LogP contribution in [0.3, 0.4) is 0 Å². The van der Waals surface area contributed by atoms with Crippen molar-refractivity contribution in [3.05, 3.63) is 82.0 Å². The van der Waals surface area contributed by atoms with Gasteiger partial charge in [-0.3, -0.25) is 9.36 Å². The van der Waals surface area contributed by atoms with Gasteiger partial charge in [0.25, 0.3) is 5.91 Å². The summed E-state index contributed by atoms with van der Waals surface area (Å²) in [6.45, 7) is 7.01. The third kappa shape index (κ3) is 3.45. The van der Waals surface area contributed by atoms with Crippen LogP contribution in [0.15, 0.2) is 59.5 Å². The van der Waals surface area contributed by atoms with E-state index in [4.69, 9.17) is 0 Å². The van der Waals surface area contributed by atoms with Gasteiger partial charge >= 0.3 is 5.69 Å². The smallest absolute Gasteiger partial charge is 0.330 e. The number of anilines is 1. The number of aryl methyl sites for hydroxylation is 2. The van der Waals surface area contributed by atoms with Gasteiger partial charge in [-0.1, -0.05) is 12.1 Å². The Morgan fingerprint density at radius 2 is 1.64 bits per heavy atom. The average molecular weight is 376 g/mol. The number of amides is 1. The molecule has 1 saturated heterocycles. The molecule has 6 nitrogen and oxygen atoms in total. The fourth-order valence-electron chi connectivity index (χ4n) is 3.70. The standard InChI is InChI=1S/C22H24N4O2/c1-16-4-3-5-20(14-16)24-10-12-25(13-11-24)21(27)18-6-8-19(9-7-18)26-17(2)15-23-22(26)28/h3-9,14-15H,10-13H2,1-2H3,(H,23,28). The van der Waals surface area contributed by atoms with Crippen molar-refractivity contribution >= 4 is 11.6 Å². The zero-order valence-corrected chi connectivity index (χ0v) is 16.2. The molecule has 1 aromatic heterocycles. The second-order valence-electron chi connectivity index (χ2n) is 7.24. The minimum Gasteiger partial charge on any atom is -0.368 e. The van der Waals surface area contributed by atoms with E-state index in [1.54, 1.807) is 22.9 Å². The third-order valence-corrected chi connectivity index (χ3v) is 5.27. The first-order valence-electron chi connectivity index (χ1n) is 9.51. The minimum absolute atomic E-state index is 0.0357. The average Bonchev–Trinajstić information content (AvgIpc) is 3.06. The number of H-pyrrole nitrogens is 1. The highest BCUT2D eigenvalue weighted by Gasteiger charge is 2.22. The van der Waals surface area contributed by atoms with Crippen LogP contribution in [0.5, 0.6) is 0 Å². The van der Waals surface area contributed by atoms with E-state index in [1.807, 2.05) is 24.0 Å². The first-order chi connectivity index (χ1) is 13.5. The molecule has 1 N–H and O–H groups in total. The number of nitrogens with zero attached hydrogens (tertiary/aromatic N) is 3. The summed E-state index contributed by atoms with van der Waals surface area (Å²) >= 11 is 0. The lowest BCUT2D eigenvalue weighted by Crippen LogP contribution is -2.48. The SMILES string of the molecule is Cc1cccc(N2CCN(C(=O)c3ccc(-n4c(C)c[nH]c4=O)cc3)CC2)c1. The van der Waals surface area contributed by atoms with Crippen LogP contribution < -0.4 is 10.6 Å². The Kier molecular flexibility index (Phi) is 4.77. The number of carbonyl (C=O) groups excluding carboxylic acids is 1. The number of nitrogens with one attached hydrogen (secondary N) is 1. The molecule has 144 valence electrons. The maximum absolute atomic E-state index is 12.9. The Hall–Kier alpha value is -3.28. The number of piperazine rings is 1. The van der Waals surface area contributed by atoms with E-state index < -0.39 is 0 Å². The van der Waals surface area contributed by atoms with Gasteiger partial charge in [0.2, 0.25) is 0 Å². The van der Waals surface area contributed by atoms with E-state index >= 15 is 0 Å². The largest absolute Gasteiger partial charge is 0.368 e. The molecule has 0 saturated carbocycles. The molecule has 1 aliphatic rings. The molecule has 1 fully saturated rings. The van der Waals surface area contributed by atoms with Crippen LogP contribution in [-0.4, -0.2) is 46.5 Å². The predicted octanol–water partition coefficient (Wildman–Crippen LogP) is 2.74. The summed E-state index contributed by atoms with van der Waals surface area (Å²) in [6.07, 6.45) is 1.68. The van der Waals surface area contributed by atoms with Gasteiger partial charge in [0.1, 0.15) is 0 Å². The molecule has 4 rings (SSSR count). The summed E-state index contributed by atoms with van der Waals surface area (Å²) in [4.78, 5) is 31.7. The number of carbonyl (C=O) groups is 1. The maximum atomic E-state index is 12.9. The Labute approximate surface area is 164 Å². The van der Waals surface area contributed by atoms with Crippen molar-refractivity contribution in [2.24, 2.45) is 0 Å². The van der Waals surface area contributed by atoms with Crippen molar-refractivity contribution in [1.29, 1.82) is 0 Å². The lowest BCUT2D eigenvalue weighted by molar-refractivity contribution is 0.0747. The molecule has 0 spiro atoms. The highest BCUT2D eigenvalue weighted by molar-refractivity contribution is 5.94. The van der Waals surface area contributed by atoms with Gasteiger partial charge < -0.3 is 14.8 Å². The van der Waals surface area contributed by atoms with Crippen molar-refractivity contribution in [3.8, 4) is 5.69 Å². The number of rotatable bonds is 3. The molecule has 28 heavy (non-hydrogen) atoms. The summed E-state index contributed by atoms with van der Waals surface area (Å²) in [6, 6.07) is 15.7. The second kappa shape index (κ2) is 7.38. The summed E-state index contributed by atoms with van der Waals surface area (Å²) in [7, 11) is 0. The predicted molar refractivity (Wildman–Crippen MR) is 110 cm³/mol. The van der Waals surface area contributed by atoms with Crippen LogP contribution in [0.2, 0.25) is 0 Å². The number of aromatic nitrogens is 2. The quantitative estimate of drug-likeness (QED) is 0.765. The highest BCUT2D eigenvalue weighted by atomic mass is 16.2. The van der Waals surface area contributed by atoms with Crippen LogP contribution >= 0.6 is 0 Å². The van der Waals surface area contributed by atoms with Gasteiger partial charge in [0.05, 0.1) is 5.69 Å². The molecule has 6 heteroatoms. The fourth-order valence-corrected chi connectivity index (χ4v) is 3.70. The molecule has 0 unspecified atom stereocenters. The summed E-state index contributed by atoms with van der Waals surface area (Å²) < 4.78 is 1.59. The van der Waals surface area contributed by atoms with Gasteiger partial charge in [0, 0.05) is 49.3 Å². The number of aromatic amines is 1.